The Bertz CT molecular complexity index is 1250. The van der Waals surface area contributed by atoms with Gasteiger partial charge >= 0.3 is 0 Å². The number of hydrogen-bond acceptors (Lipinski definition) is 7. The first kappa shape index (κ1) is 26.1. The summed E-state index contributed by atoms with van der Waals surface area (Å²) in [5, 5.41) is 18.2. The molecule has 1 aromatic carbocycles. The van der Waals surface area contributed by atoms with Crippen molar-refractivity contribution in [1.29, 1.82) is 0 Å². The van der Waals surface area contributed by atoms with Gasteiger partial charge in [0.25, 0.3) is 5.95 Å². The second kappa shape index (κ2) is 11.3. The Morgan fingerprint density at radius 2 is 1.77 bits per heavy atom. The van der Waals surface area contributed by atoms with Crippen LogP contribution in [0.2, 0.25) is 0 Å². The minimum atomic E-state index is -0.360. The van der Waals surface area contributed by atoms with Gasteiger partial charge in [-0.3, -0.25) is 15.2 Å². The molecule has 0 spiro atoms. The fraction of sp³-hybridized carbons (Fsp3) is 0.321. The van der Waals surface area contributed by atoms with Crippen molar-refractivity contribution in [2.24, 2.45) is 0 Å². The number of benzene rings is 1. The molecular formula is C28H33NO6. The standard InChI is InChI=1S/C28H33NO6/c1-17(11-18(2)13-22-7-9-24(10-8-22)29(31)32)12-19(3)14-23-15-25(34-16-23)27-20(4)26(30)21(5)28(33-6)35-27/h7-10,12-14,16,25,31-32H,11,15H2,1-6H3/b17-12-,18-13+,19-14-/t25-/m1/s1. The highest BCUT2D eigenvalue weighted by molar-refractivity contribution is 5.57. The summed E-state index contributed by atoms with van der Waals surface area (Å²) >= 11 is 0. The van der Waals surface area contributed by atoms with Gasteiger partial charge in [-0.2, -0.15) is 0 Å². The normalized spacial score (nSPS) is 16.7. The van der Waals surface area contributed by atoms with Gasteiger partial charge in [0.05, 0.1) is 24.6 Å². The van der Waals surface area contributed by atoms with Crippen LogP contribution in [0.5, 0.6) is 5.95 Å². The van der Waals surface area contributed by atoms with Crippen molar-refractivity contribution in [1.82, 2.24) is 0 Å². The lowest BCUT2D eigenvalue weighted by molar-refractivity contribution is 0.0291. The predicted molar refractivity (Wildman–Crippen MR) is 136 cm³/mol. The van der Waals surface area contributed by atoms with E-state index >= 15 is 0 Å². The highest BCUT2D eigenvalue weighted by Crippen LogP contribution is 2.35. The molecule has 0 fully saturated rings. The molecule has 1 aliphatic rings. The van der Waals surface area contributed by atoms with Crippen LogP contribution in [0, 0.1) is 13.8 Å². The van der Waals surface area contributed by atoms with Crippen molar-refractivity contribution in [3.63, 3.8) is 0 Å². The number of allylic oxidation sites excluding steroid dienone is 5. The number of anilines is 1. The van der Waals surface area contributed by atoms with Crippen molar-refractivity contribution < 1.29 is 24.3 Å². The average molecular weight is 480 g/mol. The summed E-state index contributed by atoms with van der Waals surface area (Å²) in [6.45, 7) is 9.64. The number of methoxy groups -OCH3 is 1. The first-order valence-electron chi connectivity index (χ1n) is 11.4. The van der Waals surface area contributed by atoms with E-state index < -0.39 is 0 Å². The third-order valence-corrected chi connectivity index (χ3v) is 5.82. The summed E-state index contributed by atoms with van der Waals surface area (Å²) in [6, 6.07) is 6.94. The van der Waals surface area contributed by atoms with Gasteiger partial charge in [-0.25, -0.2) is 0 Å². The number of hydrogen-bond donors (Lipinski definition) is 2. The molecule has 0 radical (unpaired) electrons. The number of rotatable bonds is 8. The predicted octanol–water partition coefficient (Wildman–Crippen LogP) is 6.58. The lowest BCUT2D eigenvalue weighted by Gasteiger charge is -2.14. The third kappa shape index (κ3) is 6.53. The maximum atomic E-state index is 12.5. The minimum Gasteiger partial charge on any atom is -0.489 e. The molecule has 0 unspecified atom stereocenters. The van der Waals surface area contributed by atoms with Crippen molar-refractivity contribution in [3.8, 4) is 5.95 Å². The topological polar surface area (TPSA) is 92.4 Å². The Balaban J connectivity index is 1.65. The monoisotopic (exact) mass is 479 g/mol. The summed E-state index contributed by atoms with van der Waals surface area (Å²) in [4.78, 5) is 12.5. The highest BCUT2D eigenvalue weighted by atomic mass is 16.8. The molecule has 186 valence electrons. The third-order valence-electron chi connectivity index (χ3n) is 5.82. The molecule has 2 aromatic rings. The Morgan fingerprint density at radius 3 is 2.40 bits per heavy atom. The van der Waals surface area contributed by atoms with E-state index in [-0.39, 0.29) is 22.7 Å². The molecule has 0 amide bonds. The first-order chi connectivity index (χ1) is 16.6. The Hall–Kier alpha value is -3.55. The summed E-state index contributed by atoms with van der Waals surface area (Å²) in [5.41, 5.74) is 6.72. The van der Waals surface area contributed by atoms with Crippen molar-refractivity contribution in [2.45, 2.75) is 53.6 Å². The van der Waals surface area contributed by atoms with Crippen LogP contribution in [0.25, 0.3) is 6.08 Å². The van der Waals surface area contributed by atoms with Crippen LogP contribution >= 0.6 is 0 Å². The molecule has 1 atom stereocenters. The SMILES string of the molecule is COc1oc([C@H]2CC(/C=C(C)\C=C(\C)C/C(C)=C/c3ccc(N(O)O)cc3)=CO2)c(C)c(=O)c1C. The van der Waals surface area contributed by atoms with Crippen LogP contribution in [0.15, 0.2) is 74.2 Å². The maximum Gasteiger partial charge on any atom is 0.291 e. The zero-order chi connectivity index (χ0) is 25.7. The van der Waals surface area contributed by atoms with E-state index in [1.54, 1.807) is 32.2 Å². The van der Waals surface area contributed by atoms with Crippen LogP contribution in [0.1, 0.15) is 62.2 Å². The van der Waals surface area contributed by atoms with Gasteiger partial charge in [-0.15, -0.1) is 5.23 Å². The van der Waals surface area contributed by atoms with Gasteiger partial charge in [0, 0.05) is 12.0 Å². The molecule has 1 aromatic heterocycles. The van der Waals surface area contributed by atoms with Gasteiger partial charge < -0.3 is 13.9 Å². The lowest BCUT2D eigenvalue weighted by Crippen LogP contribution is -2.15. The van der Waals surface area contributed by atoms with Crippen molar-refractivity contribution in [2.75, 3.05) is 12.3 Å². The van der Waals surface area contributed by atoms with E-state index in [1.807, 2.05) is 19.1 Å². The van der Waals surface area contributed by atoms with Crippen LogP contribution < -0.4 is 15.4 Å². The Kier molecular flexibility index (Phi) is 8.38. The van der Waals surface area contributed by atoms with E-state index in [1.165, 1.54) is 18.3 Å². The van der Waals surface area contributed by atoms with Gasteiger partial charge in [0.1, 0.15) is 0 Å². The second-order valence-electron chi connectivity index (χ2n) is 8.99. The van der Waals surface area contributed by atoms with Crippen molar-refractivity contribution in [3.05, 3.63) is 97.6 Å². The number of ether oxygens (including phenoxy) is 2. The van der Waals surface area contributed by atoms with E-state index in [0.717, 1.165) is 23.1 Å². The van der Waals surface area contributed by atoms with Crippen LogP contribution in [-0.2, 0) is 4.74 Å². The van der Waals surface area contributed by atoms with Gasteiger partial charge in [0.15, 0.2) is 17.3 Å². The zero-order valence-electron chi connectivity index (χ0n) is 21.1. The Labute approximate surface area is 205 Å². The number of nitrogens with zero attached hydrogens (tertiary/aromatic N) is 1. The van der Waals surface area contributed by atoms with Crippen LogP contribution in [0.4, 0.5) is 5.69 Å². The van der Waals surface area contributed by atoms with E-state index in [9.17, 15) is 4.79 Å². The molecule has 3 rings (SSSR count). The molecule has 2 N–H and O–H groups in total. The molecule has 7 nitrogen and oxygen atoms in total. The van der Waals surface area contributed by atoms with Gasteiger partial charge in [0.2, 0.25) is 0 Å². The first-order valence-corrected chi connectivity index (χ1v) is 11.4. The molecule has 7 heteroatoms. The minimum absolute atomic E-state index is 0.0893. The van der Waals surface area contributed by atoms with E-state index in [4.69, 9.17) is 24.3 Å². The Morgan fingerprint density at radius 1 is 1.09 bits per heavy atom. The maximum absolute atomic E-state index is 12.5. The fourth-order valence-corrected chi connectivity index (χ4v) is 4.22. The van der Waals surface area contributed by atoms with E-state index in [2.05, 4.69) is 32.1 Å². The molecule has 0 saturated carbocycles. The van der Waals surface area contributed by atoms with E-state index in [0.29, 0.717) is 29.0 Å². The molecule has 0 bridgehead atoms. The fourth-order valence-electron chi connectivity index (χ4n) is 4.22. The lowest BCUT2D eigenvalue weighted by atomic mass is 10.0. The summed E-state index contributed by atoms with van der Waals surface area (Å²) in [6.07, 6.45) is 9.07. The van der Waals surface area contributed by atoms with Crippen LogP contribution in [0.3, 0.4) is 0 Å². The molecule has 0 saturated heterocycles. The average Bonchev–Trinajstić information content (AvgIpc) is 3.25. The molecule has 1 aliphatic heterocycles. The zero-order valence-corrected chi connectivity index (χ0v) is 21.1. The summed E-state index contributed by atoms with van der Waals surface area (Å²) < 4.78 is 16.9. The quantitative estimate of drug-likeness (QED) is 0.326. The largest absolute Gasteiger partial charge is 0.489 e. The molecular weight excluding hydrogens is 446 g/mol. The summed E-state index contributed by atoms with van der Waals surface area (Å²) in [5.74, 6) is 0.724. The highest BCUT2D eigenvalue weighted by Gasteiger charge is 2.27. The molecule has 35 heavy (non-hydrogen) atoms. The van der Waals surface area contributed by atoms with Crippen molar-refractivity contribution >= 4 is 11.8 Å². The molecule has 0 aliphatic carbocycles. The second-order valence-corrected chi connectivity index (χ2v) is 8.99. The summed E-state index contributed by atoms with van der Waals surface area (Å²) in [7, 11) is 1.48. The van der Waals surface area contributed by atoms with Gasteiger partial charge in [-0.05, 0) is 64.3 Å². The van der Waals surface area contributed by atoms with Crippen LogP contribution in [-0.4, -0.2) is 17.5 Å². The smallest absolute Gasteiger partial charge is 0.291 e. The van der Waals surface area contributed by atoms with Gasteiger partial charge in [-0.1, -0.05) is 47.1 Å². The molecule has 2 heterocycles.